The fourth-order valence-corrected chi connectivity index (χ4v) is 1.75. The van der Waals surface area contributed by atoms with Gasteiger partial charge < -0.3 is 15.6 Å². The zero-order valence-corrected chi connectivity index (χ0v) is 9.67. The summed E-state index contributed by atoms with van der Waals surface area (Å²) in [5, 5.41) is 9.08. The number of rotatable bonds is 6. The lowest BCUT2D eigenvalue weighted by molar-refractivity contribution is 0.299. The van der Waals surface area contributed by atoms with Crippen LogP contribution in [0.25, 0.3) is 0 Å². The van der Waals surface area contributed by atoms with Gasteiger partial charge in [-0.25, -0.2) is 0 Å². The smallest absolute Gasteiger partial charge is 0.121 e. The molecule has 1 rings (SSSR count). The van der Waals surface area contributed by atoms with Crippen LogP contribution in [0.4, 0.5) is 5.69 Å². The van der Waals surface area contributed by atoms with Crippen molar-refractivity contribution < 1.29 is 9.84 Å². The Bertz CT molecular complexity index is 294. The van der Waals surface area contributed by atoms with E-state index in [2.05, 4.69) is 0 Å². The average Bonchev–Trinajstić information content (AvgIpc) is 2.24. The van der Waals surface area contributed by atoms with Crippen LogP contribution in [0.3, 0.4) is 0 Å². The number of benzene rings is 1. The van der Waals surface area contributed by atoms with Crippen molar-refractivity contribution in [1.82, 2.24) is 0 Å². The van der Waals surface area contributed by atoms with Crippen LogP contribution in [0.1, 0.15) is 6.92 Å². The predicted octanol–water partition coefficient (Wildman–Crippen LogP) is 1.76. The van der Waals surface area contributed by atoms with Gasteiger partial charge in [0.05, 0.1) is 13.2 Å². The van der Waals surface area contributed by atoms with Gasteiger partial charge in [-0.3, -0.25) is 0 Å². The maximum absolute atomic E-state index is 8.81. The van der Waals surface area contributed by atoms with E-state index in [4.69, 9.17) is 15.6 Å². The molecule has 0 aliphatic carbocycles. The molecular formula is C11H17NO2S. The molecule has 3 nitrogen and oxygen atoms in total. The fraction of sp³-hybridized carbons (Fsp3) is 0.455. The zero-order chi connectivity index (χ0) is 11.1. The highest BCUT2D eigenvalue weighted by molar-refractivity contribution is 7.99. The van der Waals surface area contributed by atoms with Gasteiger partial charge >= 0.3 is 0 Å². The van der Waals surface area contributed by atoms with Gasteiger partial charge in [0.1, 0.15) is 5.75 Å². The number of aliphatic hydroxyl groups is 1. The maximum Gasteiger partial charge on any atom is 0.121 e. The van der Waals surface area contributed by atoms with Crippen molar-refractivity contribution in [1.29, 1.82) is 0 Å². The van der Waals surface area contributed by atoms with E-state index in [1.807, 2.05) is 25.1 Å². The first-order valence-corrected chi connectivity index (χ1v) is 5.98. The maximum atomic E-state index is 8.81. The van der Waals surface area contributed by atoms with Crippen molar-refractivity contribution >= 4 is 17.4 Å². The van der Waals surface area contributed by atoms with Crippen LogP contribution in [0.5, 0.6) is 5.75 Å². The molecule has 1 aromatic rings. The lowest BCUT2D eigenvalue weighted by atomic mass is 10.3. The number of hydrogen-bond acceptors (Lipinski definition) is 4. The molecule has 0 radical (unpaired) electrons. The monoisotopic (exact) mass is 227 g/mol. The Labute approximate surface area is 94.6 Å². The number of hydrogen-bond donors (Lipinski definition) is 2. The van der Waals surface area contributed by atoms with Gasteiger partial charge in [0, 0.05) is 22.8 Å². The molecule has 4 heteroatoms. The van der Waals surface area contributed by atoms with Crippen molar-refractivity contribution in [3.8, 4) is 5.75 Å². The van der Waals surface area contributed by atoms with E-state index in [0.717, 1.165) is 11.5 Å². The minimum absolute atomic E-state index is 0.211. The first-order chi connectivity index (χ1) is 7.22. The van der Waals surface area contributed by atoms with E-state index in [1.165, 1.54) is 0 Å². The van der Waals surface area contributed by atoms with Crippen LogP contribution in [0.2, 0.25) is 0 Å². The first kappa shape index (κ1) is 12.2. The largest absolute Gasteiger partial charge is 0.493 e. The molecule has 0 amide bonds. The van der Waals surface area contributed by atoms with Gasteiger partial charge in [-0.2, -0.15) is 11.8 Å². The van der Waals surface area contributed by atoms with Gasteiger partial charge in [-0.15, -0.1) is 0 Å². The number of nitrogens with two attached hydrogens (primary N) is 1. The molecule has 0 aliphatic rings. The molecule has 1 unspecified atom stereocenters. The normalized spacial score (nSPS) is 12.4. The topological polar surface area (TPSA) is 55.5 Å². The summed E-state index contributed by atoms with van der Waals surface area (Å²) in [6, 6.07) is 7.39. The van der Waals surface area contributed by atoms with Crippen LogP contribution >= 0.6 is 11.8 Å². The number of ether oxygens (including phenoxy) is 1. The first-order valence-electron chi connectivity index (χ1n) is 4.93. The van der Waals surface area contributed by atoms with Gasteiger partial charge in [0.25, 0.3) is 0 Å². The molecule has 0 heterocycles. The summed E-state index contributed by atoms with van der Waals surface area (Å²) in [4.78, 5) is 0. The molecule has 84 valence electrons. The summed E-state index contributed by atoms with van der Waals surface area (Å²) < 4.78 is 5.50. The van der Waals surface area contributed by atoms with Gasteiger partial charge in [-0.1, -0.05) is 13.0 Å². The summed E-state index contributed by atoms with van der Waals surface area (Å²) in [5.74, 6) is 1.67. The van der Waals surface area contributed by atoms with Crippen LogP contribution < -0.4 is 10.5 Å². The van der Waals surface area contributed by atoms with Crippen LogP contribution in [-0.2, 0) is 0 Å². The Morgan fingerprint density at radius 1 is 1.53 bits per heavy atom. The SMILES string of the molecule is CC(CO)SCCOc1cccc(N)c1. The molecule has 1 atom stereocenters. The third-order valence-electron chi connectivity index (χ3n) is 1.87. The van der Waals surface area contributed by atoms with Crippen molar-refractivity contribution in [2.75, 3.05) is 24.7 Å². The predicted molar refractivity (Wildman–Crippen MR) is 65.4 cm³/mol. The van der Waals surface area contributed by atoms with Crippen molar-refractivity contribution in [3.63, 3.8) is 0 Å². The van der Waals surface area contributed by atoms with E-state index >= 15 is 0 Å². The Hall–Kier alpha value is -0.870. The number of aliphatic hydroxyl groups excluding tert-OH is 1. The minimum Gasteiger partial charge on any atom is -0.493 e. The molecule has 1 aromatic carbocycles. The Morgan fingerprint density at radius 3 is 3.00 bits per heavy atom. The van der Waals surface area contributed by atoms with E-state index in [0.29, 0.717) is 12.3 Å². The van der Waals surface area contributed by atoms with Gasteiger partial charge in [-0.05, 0) is 12.1 Å². The van der Waals surface area contributed by atoms with Gasteiger partial charge in [0.2, 0.25) is 0 Å². The van der Waals surface area contributed by atoms with E-state index in [9.17, 15) is 0 Å². The molecule has 0 spiro atoms. The van der Waals surface area contributed by atoms with Crippen molar-refractivity contribution in [2.45, 2.75) is 12.2 Å². The van der Waals surface area contributed by atoms with Gasteiger partial charge in [0.15, 0.2) is 0 Å². The summed E-state index contributed by atoms with van der Waals surface area (Å²) in [7, 11) is 0. The standard InChI is InChI=1S/C11H17NO2S/c1-9(8-13)15-6-5-14-11-4-2-3-10(12)7-11/h2-4,7,9,13H,5-6,8,12H2,1H3. The Morgan fingerprint density at radius 2 is 2.33 bits per heavy atom. The number of nitrogen functional groups attached to an aromatic ring is 1. The second-order valence-electron chi connectivity index (χ2n) is 3.28. The third kappa shape index (κ3) is 4.95. The average molecular weight is 227 g/mol. The molecule has 3 N–H and O–H groups in total. The molecule has 0 aromatic heterocycles. The van der Waals surface area contributed by atoms with Crippen molar-refractivity contribution in [2.24, 2.45) is 0 Å². The van der Waals surface area contributed by atoms with E-state index in [-0.39, 0.29) is 11.9 Å². The lowest BCUT2D eigenvalue weighted by Gasteiger charge is -2.09. The number of thioether (sulfide) groups is 1. The summed E-state index contributed by atoms with van der Waals surface area (Å²) in [6.45, 7) is 2.84. The van der Waals surface area contributed by atoms with Crippen LogP contribution in [0.15, 0.2) is 24.3 Å². The van der Waals surface area contributed by atoms with E-state index < -0.39 is 0 Å². The Balaban J connectivity index is 2.20. The Kier molecular flexibility index (Phi) is 5.36. The second kappa shape index (κ2) is 6.58. The fourth-order valence-electron chi connectivity index (χ4n) is 1.07. The zero-order valence-electron chi connectivity index (χ0n) is 8.85. The van der Waals surface area contributed by atoms with Crippen molar-refractivity contribution in [3.05, 3.63) is 24.3 Å². The summed E-state index contributed by atoms with van der Waals surface area (Å²) in [5.41, 5.74) is 6.33. The molecular weight excluding hydrogens is 210 g/mol. The highest BCUT2D eigenvalue weighted by Gasteiger charge is 2.00. The lowest BCUT2D eigenvalue weighted by Crippen LogP contribution is -2.07. The molecule has 0 saturated heterocycles. The number of anilines is 1. The van der Waals surface area contributed by atoms with E-state index in [1.54, 1.807) is 17.8 Å². The molecule has 0 saturated carbocycles. The molecule has 0 aliphatic heterocycles. The molecule has 15 heavy (non-hydrogen) atoms. The highest BCUT2D eigenvalue weighted by Crippen LogP contribution is 2.15. The van der Waals surface area contributed by atoms with Crippen LogP contribution in [-0.4, -0.2) is 29.3 Å². The molecule has 0 fully saturated rings. The van der Waals surface area contributed by atoms with Crippen LogP contribution in [0, 0.1) is 0 Å². The molecule has 0 bridgehead atoms. The quantitative estimate of drug-likeness (QED) is 0.574. The second-order valence-corrected chi connectivity index (χ2v) is 4.83. The minimum atomic E-state index is 0.211. The summed E-state index contributed by atoms with van der Waals surface area (Å²) >= 11 is 1.69. The third-order valence-corrected chi connectivity index (χ3v) is 2.99. The summed E-state index contributed by atoms with van der Waals surface area (Å²) in [6.07, 6.45) is 0. The highest BCUT2D eigenvalue weighted by atomic mass is 32.2.